The first-order valence-corrected chi connectivity index (χ1v) is 7.27. The SMILES string of the molecule is Cc1coc(CC(=O)O)c1C(=O)N(C)CCC(=O)OC(C)(C)C. The molecule has 0 aliphatic rings. The van der Waals surface area contributed by atoms with Crippen molar-refractivity contribution in [1.29, 1.82) is 0 Å². The van der Waals surface area contributed by atoms with E-state index in [4.69, 9.17) is 14.3 Å². The molecule has 1 aromatic rings. The lowest BCUT2D eigenvalue weighted by Crippen LogP contribution is -2.32. The Balaban J connectivity index is 2.72. The van der Waals surface area contributed by atoms with Crippen LogP contribution in [0.4, 0.5) is 0 Å². The molecule has 1 N–H and O–H groups in total. The summed E-state index contributed by atoms with van der Waals surface area (Å²) in [6.07, 6.45) is 1.05. The zero-order valence-electron chi connectivity index (χ0n) is 14.1. The summed E-state index contributed by atoms with van der Waals surface area (Å²) in [5.74, 6) is -1.74. The van der Waals surface area contributed by atoms with Gasteiger partial charge in [0.2, 0.25) is 0 Å². The number of carbonyl (C=O) groups excluding carboxylic acids is 2. The molecule has 1 heterocycles. The maximum absolute atomic E-state index is 12.4. The van der Waals surface area contributed by atoms with Crippen LogP contribution >= 0.6 is 0 Å². The minimum atomic E-state index is -1.08. The standard InChI is InChI=1S/C16H23NO6/c1-10-9-22-11(8-12(18)19)14(10)15(21)17(5)7-6-13(20)23-16(2,3)4/h9H,6-8H2,1-5H3,(H,18,19). The Labute approximate surface area is 135 Å². The monoisotopic (exact) mass is 325 g/mol. The average molecular weight is 325 g/mol. The van der Waals surface area contributed by atoms with Crippen molar-refractivity contribution >= 4 is 17.8 Å². The van der Waals surface area contributed by atoms with Crippen molar-refractivity contribution in [1.82, 2.24) is 4.90 Å². The molecule has 1 rings (SSSR count). The topological polar surface area (TPSA) is 97.0 Å². The van der Waals surface area contributed by atoms with Crippen LogP contribution in [0.25, 0.3) is 0 Å². The fraction of sp³-hybridized carbons (Fsp3) is 0.562. The summed E-state index contributed by atoms with van der Waals surface area (Å²) in [7, 11) is 1.55. The summed E-state index contributed by atoms with van der Waals surface area (Å²) >= 11 is 0. The third kappa shape index (κ3) is 5.77. The minimum absolute atomic E-state index is 0.0602. The van der Waals surface area contributed by atoms with E-state index < -0.39 is 17.5 Å². The Kier molecular flexibility index (Phi) is 5.95. The van der Waals surface area contributed by atoms with Gasteiger partial charge in [0.05, 0.1) is 18.2 Å². The predicted octanol–water partition coefficient (Wildman–Crippen LogP) is 2.02. The summed E-state index contributed by atoms with van der Waals surface area (Å²) in [6, 6.07) is 0. The molecule has 0 bridgehead atoms. The van der Waals surface area contributed by atoms with Gasteiger partial charge in [-0.1, -0.05) is 0 Å². The van der Waals surface area contributed by atoms with E-state index in [0.717, 1.165) is 0 Å². The molecule has 0 atom stereocenters. The fourth-order valence-corrected chi connectivity index (χ4v) is 2.00. The number of hydrogen-bond acceptors (Lipinski definition) is 5. The molecule has 23 heavy (non-hydrogen) atoms. The van der Waals surface area contributed by atoms with Crippen molar-refractivity contribution in [2.24, 2.45) is 0 Å². The predicted molar refractivity (Wildman–Crippen MR) is 82.2 cm³/mol. The van der Waals surface area contributed by atoms with E-state index in [9.17, 15) is 14.4 Å². The minimum Gasteiger partial charge on any atom is -0.481 e. The van der Waals surface area contributed by atoms with Crippen LogP contribution in [0.5, 0.6) is 0 Å². The molecule has 0 unspecified atom stereocenters. The second-order valence-corrected chi connectivity index (χ2v) is 6.35. The molecule has 7 nitrogen and oxygen atoms in total. The van der Waals surface area contributed by atoms with Crippen LogP contribution < -0.4 is 0 Å². The van der Waals surface area contributed by atoms with Gasteiger partial charge >= 0.3 is 11.9 Å². The van der Waals surface area contributed by atoms with Crippen LogP contribution in [-0.2, 0) is 20.7 Å². The van der Waals surface area contributed by atoms with Gasteiger partial charge in [-0.2, -0.15) is 0 Å². The van der Waals surface area contributed by atoms with Crippen LogP contribution in [0, 0.1) is 6.92 Å². The van der Waals surface area contributed by atoms with Crippen molar-refractivity contribution in [3.8, 4) is 0 Å². The van der Waals surface area contributed by atoms with Crippen molar-refractivity contribution in [2.75, 3.05) is 13.6 Å². The van der Waals surface area contributed by atoms with E-state index in [2.05, 4.69) is 0 Å². The van der Waals surface area contributed by atoms with Crippen molar-refractivity contribution in [3.63, 3.8) is 0 Å². The molecule has 1 amide bonds. The molecular formula is C16H23NO6. The lowest BCUT2D eigenvalue weighted by atomic mass is 10.1. The second-order valence-electron chi connectivity index (χ2n) is 6.35. The van der Waals surface area contributed by atoms with E-state index in [0.29, 0.717) is 5.56 Å². The van der Waals surface area contributed by atoms with E-state index in [-0.39, 0.29) is 36.6 Å². The number of esters is 1. The Hall–Kier alpha value is -2.31. The largest absolute Gasteiger partial charge is 0.481 e. The van der Waals surface area contributed by atoms with E-state index in [1.807, 2.05) is 0 Å². The first-order chi connectivity index (χ1) is 10.5. The highest BCUT2D eigenvalue weighted by molar-refractivity contribution is 5.97. The van der Waals surface area contributed by atoms with Crippen molar-refractivity contribution in [3.05, 3.63) is 23.2 Å². The third-order valence-electron chi connectivity index (χ3n) is 2.99. The van der Waals surface area contributed by atoms with Gasteiger partial charge in [0.15, 0.2) is 0 Å². The number of carboxylic acids is 1. The smallest absolute Gasteiger partial charge is 0.311 e. The molecule has 128 valence electrons. The van der Waals surface area contributed by atoms with Crippen LogP contribution in [-0.4, -0.2) is 47.0 Å². The molecule has 0 aliphatic heterocycles. The first kappa shape index (κ1) is 18.7. The summed E-state index contributed by atoms with van der Waals surface area (Å²) in [4.78, 5) is 36.3. The summed E-state index contributed by atoms with van der Waals surface area (Å²) in [6.45, 7) is 7.15. The van der Waals surface area contributed by atoms with Gasteiger partial charge in [-0.25, -0.2) is 0 Å². The number of amides is 1. The highest BCUT2D eigenvalue weighted by Crippen LogP contribution is 2.19. The van der Waals surface area contributed by atoms with Crippen LogP contribution in [0.2, 0.25) is 0 Å². The molecule has 0 saturated carbocycles. The maximum Gasteiger partial charge on any atom is 0.311 e. The van der Waals surface area contributed by atoms with Gasteiger partial charge in [0.1, 0.15) is 17.8 Å². The van der Waals surface area contributed by atoms with Gasteiger partial charge in [-0.3, -0.25) is 14.4 Å². The molecule has 0 fully saturated rings. The Morgan fingerprint density at radius 1 is 1.30 bits per heavy atom. The average Bonchev–Trinajstić information content (AvgIpc) is 2.73. The molecule has 0 aliphatic carbocycles. The lowest BCUT2D eigenvalue weighted by Gasteiger charge is -2.21. The third-order valence-corrected chi connectivity index (χ3v) is 2.99. The summed E-state index contributed by atoms with van der Waals surface area (Å²) < 4.78 is 10.3. The number of furan rings is 1. The highest BCUT2D eigenvalue weighted by atomic mass is 16.6. The van der Waals surface area contributed by atoms with Crippen LogP contribution in [0.1, 0.15) is 48.9 Å². The van der Waals surface area contributed by atoms with E-state index in [1.54, 1.807) is 34.7 Å². The van der Waals surface area contributed by atoms with Crippen LogP contribution in [0.3, 0.4) is 0 Å². The van der Waals surface area contributed by atoms with Gasteiger partial charge in [-0.05, 0) is 27.7 Å². The number of hydrogen-bond donors (Lipinski definition) is 1. The molecule has 7 heteroatoms. The highest BCUT2D eigenvalue weighted by Gasteiger charge is 2.24. The van der Waals surface area contributed by atoms with E-state index >= 15 is 0 Å². The number of carboxylic acid groups (broad SMARTS) is 1. The molecule has 1 aromatic heterocycles. The number of nitrogens with zero attached hydrogens (tertiary/aromatic N) is 1. The molecule has 0 aromatic carbocycles. The quantitative estimate of drug-likeness (QED) is 0.804. The summed E-state index contributed by atoms with van der Waals surface area (Å²) in [5.41, 5.74) is 0.226. The number of carbonyl (C=O) groups is 3. The zero-order valence-corrected chi connectivity index (χ0v) is 14.1. The second kappa shape index (κ2) is 7.30. The lowest BCUT2D eigenvalue weighted by molar-refractivity contribution is -0.155. The first-order valence-electron chi connectivity index (χ1n) is 7.27. The van der Waals surface area contributed by atoms with Gasteiger partial charge in [0.25, 0.3) is 5.91 Å². The molecule has 0 radical (unpaired) electrons. The van der Waals surface area contributed by atoms with Crippen LogP contribution in [0.15, 0.2) is 10.7 Å². The molecule has 0 saturated heterocycles. The normalized spacial score (nSPS) is 11.2. The van der Waals surface area contributed by atoms with Crippen molar-refractivity contribution < 1.29 is 28.6 Å². The van der Waals surface area contributed by atoms with Crippen molar-refractivity contribution in [2.45, 2.75) is 46.1 Å². The van der Waals surface area contributed by atoms with Gasteiger partial charge in [0, 0.05) is 19.2 Å². The fourth-order valence-electron chi connectivity index (χ4n) is 2.00. The number of ether oxygens (including phenoxy) is 1. The Morgan fingerprint density at radius 3 is 2.43 bits per heavy atom. The molecular weight excluding hydrogens is 302 g/mol. The number of aliphatic carboxylic acids is 1. The Bertz CT molecular complexity index is 596. The zero-order chi connectivity index (χ0) is 17.8. The summed E-state index contributed by atoms with van der Waals surface area (Å²) in [5, 5.41) is 8.86. The number of rotatable bonds is 6. The number of aryl methyl sites for hydroxylation is 1. The van der Waals surface area contributed by atoms with Gasteiger partial charge < -0.3 is 19.2 Å². The Morgan fingerprint density at radius 2 is 1.91 bits per heavy atom. The molecule has 0 spiro atoms. The van der Waals surface area contributed by atoms with Gasteiger partial charge in [-0.15, -0.1) is 0 Å². The van der Waals surface area contributed by atoms with E-state index in [1.165, 1.54) is 11.2 Å². The maximum atomic E-state index is 12.4.